The lowest BCUT2D eigenvalue weighted by molar-refractivity contribution is -0.0575. The minimum atomic E-state index is -0.0794. The summed E-state index contributed by atoms with van der Waals surface area (Å²) in [5, 5.41) is 17.2. The summed E-state index contributed by atoms with van der Waals surface area (Å²) in [5.41, 5.74) is 2.59. The molecule has 2 nitrogen and oxygen atoms in total. The van der Waals surface area contributed by atoms with Crippen molar-refractivity contribution < 1.29 is 10.2 Å². The van der Waals surface area contributed by atoms with Gasteiger partial charge in [-0.3, -0.25) is 0 Å². The first-order valence-electron chi connectivity index (χ1n) is 15.0. The third-order valence-corrected chi connectivity index (χ3v) is 11.3. The van der Waals surface area contributed by atoms with Gasteiger partial charge in [-0.15, -0.1) is 0 Å². The smallest absolute Gasteiger partial charge is 0.0577 e. The van der Waals surface area contributed by atoms with Gasteiger partial charge in [0.05, 0.1) is 6.10 Å². The summed E-state index contributed by atoms with van der Waals surface area (Å²) in [6.07, 6.45) is 17.1. The molecule has 0 radical (unpaired) electrons. The SMILES string of the molecule is CC.CCC(CCC(C)C1CCC2C3CC=C4CC(O)CCC4(C)C3CCC12C)C(C)C.CO. The number of allylic oxidation sites excluding steroid dienone is 1. The zero-order valence-electron chi connectivity index (χ0n) is 24.4. The van der Waals surface area contributed by atoms with Crippen LogP contribution in [-0.2, 0) is 0 Å². The van der Waals surface area contributed by atoms with Gasteiger partial charge in [-0.1, -0.05) is 79.9 Å². The predicted octanol–water partition coefficient (Wildman–Crippen LogP) is 8.66. The van der Waals surface area contributed by atoms with Crippen molar-refractivity contribution in [2.45, 2.75) is 132 Å². The Kier molecular flexibility index (Phi) is 11.2. The Hall–Kier alpha value is -0.340. The number of rotatable bonds is 6. The van der Waals surface area contributed by atoms with Gasteiger partial charge in [0, 0.05) is 7.11 Å². The number of hydrogen-bond acceptors (Lipinski definition) is 2. The monoisotopic (exact) mass is 476 g/mol. The fraction of sp³-hybridized carbons (Fsp3) is 0.938. The van der Waals surface area contributed by atoms with E-state index in [1.54, 1.807) is 5.57 Å². The Morgan fingerprint density at radius 3 is 2.24 bits per heavy atom. The molecule has 4 aliphatic rings. The van der Waals surface area contributed by atoms with E-state index < -0.39 is 0 Å². The van der Waals surface area contributed by atoms with E-state index in [-0.39, 0.29) is 6.10 Å². The standard InChI is InChI=1S/C29H50O.C2H6.CH4O/c1-7-21(19(2)3)9-8-20(4)25-12-13-26-24-11-10-22-18-23(30)14-16-28(22,5)27(24)15-17-29(25,26)6;2*1-2/h10,19-21,23-27,30H,7-9,11-18H2,1-6H3;1-2H3;2H,1H3. The molecule has 0 bridgehead atoms. The van der Waals surface area contributed by atoms with Gasteiger partial charge in [0.2, 0.25) is 0 Å². The molecular formula is C32H60O2. The second kappa shape index (κ2) is 12.8. The van der Waals surface area contributed by atoms with Crippen molar-refractivity contribution in [3.8, 4) is 0 Å². The lowest BCUT2D eigenvalue weighted by Crippen LogP contribution is -2.50. The van der Waals surface area contributed by atoms with E-state index in [4.69, 9.17) is 5.11 Å². The molecule has 4 rings (SSSR count). The topological polar surface area (TPSA) is 40.5 Å². The van der Waals surface area contributed by atoms with Crippen molar-refractivity contribution >= 4 is 0 Å². The van der Waals surface area contributed by atoms with Crippen molar-refractivity contribution in [1.82, 2.24) is 0 Å². The predicted molar refractivity (Wildman–Crippen MR) is 148 cm³/mol. The van der Waals surface area contributed by atoms with Crippen LogP contribution in [0.2, 0.25) is 0 Å². The van der Waals surface area contributed by atoms with E-state index >= 15 is 0 Å². The van der Waals surface area contributed by atoms with Gasteiger partial charge in [0.15, 0.2) is 0 Å². The highest BCUT2D eigenvalue weighted by molar-refractivity contribution is 5.25. The highest BCUT2D eigenvalue weighted by Crippen LogP contribution is 2.67. The Labute approximate surface area is 213 Å². The molecule has 4 aliphatic carbocycles. The molecule has 34 heavy (non-hydrogen) atoms. The highest BCUT2D eigenvalue weighted by Gasteiger charge is 2.59. The van der Waals surface area contributed by atoms with Crippen molar-refractivity contribution in [3.05, 3.63) is 11.6 Å². The van der Waals surface area contributed by atoms with Gasteiger partial charge in [-0.2, -0.15) is 0 Å². The molecule has 0 amide bonds. The fourth-order valence-corrected chi connectivity index (χ4v) is 9.30. The van der Waals surface area contributed by atoms with Crippen molar-refractivity contribution in [1.29, 1.82) is 0 Å². The molecular weight excluding hydrogens is 416 g/mol. The van der Waals surface area contributed by atoms with Crippen molar-refractivity contribution in [2.24, 2.45) is 52.3 Å². The lowest BCUT2D eigenvalue weighted by atomic mass is 9.47. The molecule has 0 aromatic heterocycles. The summed E-state index contributed by atoms with van der Waals surface area (Å²) in [6.45, 7) is 19.1. The first-order valence-corrected chi connectivity index (χ1v) is 15.0. The minimum Gasteiger partial charge on any atom is -0.400 e. The summed E-state index contributed by atoms with van der Waals surface area (Å²) in [4.78, 5) is 0. The number of fused-ring (bicyclic) bond motifs is 5. The molecule has 200 valence electrons. The maximum atomic E-state index is 10.2. The summed E-state index contributed by atoms with van der Waals surface area (Å²) in [7, 11) is 1.00. The molecule has 2 heteroatoms. The van der Waals surface area contributed by atoms with Gasteiger partial charge in [0.1, 0.15) is 0 Å². The number of aliphatic hydroxyl groups is 2. The summed E-state index contributed by atoms with van der Waals surface area (Å²) < 4.78 is 0. The van der Waals surface area contributed by atoms with E-state index in [9.17, 15) is 5.11 Å². The molecule has 0 spiro atoms. The zero-order chi connectivity index (χ0) is 25.7. The molecule has 0 heterocycles. The van der Waals surface area contributed by atoms with Crippen molar-refractivity contribution in [3.63, 3.8) is 0 Å². The molecule has 0 aromatic carbocycles. The lowest BCUT2D eigenvalue weighted by Gasteiger charge is -2.58. The quantitative estimate of drug-likeness (QED) is 0.376. The highest BCUT2D eigenvalue weighted by atomic mass is 16.3. The largest absolute Gasteiger partial charge is 0.400 e. The molecule has 9 atom stereocenters. The van der Waals surface area contributed by atoms with Crippen LogP contribution in [0.1, 0.15) is 126 Å². The number of hydrogen-bond donors (Lipinski definition) is 2. The van der Waals surface area contributed by atoms with Gasteiger partial charge < -0.3 is 10.2 Å². The molecule has 3 saturated carbocycles. The normalized spacial score (nSPS) is 40.4. The average molecular weight is 477 g/mol. The van der Waals surface area contributed by atoms with E-state index in [1.807, 2.05) is 13.8 Å². The van der Waals surface area contributed by atoms with Gasteiger partial charge in [-0.05, 0) is 110 Å². The third-order valence-electron chi connectivity index (χ3n) is 11.3. The van der Waals surface area contributed by atoms with Gasteiger partial charge >= 0.3 is 0 Å². The Bertz CT molecular complexity index is 639. The number of aliphatic hydroxyl groups excluding tert-OH is 2. The zero-order valence-corrected chi connectivity index (χ0v) is 24.4. The molecule has 9 unspecified atom stereocenters. The molecule has 0 aliphatic heterocycles. The molecule has 0 saturated heterocycles. The van der Waals surface area contributed by atoms with Crippen LogP contribution < -0.4 is 0 Å². The van der Waals surface area contributed by atoms with Crippen LogP contribution in [0.5, 0.6) is 0 Å². The van der Waals surface area contributed by atoms with Crippen LogP contribution >= 0.6 is 0 Å². The van der Waals surface area contributed by atoms with Gasteiger partial charge in [-0.25, -0.2) is 0 Å². The maximum absolute atomic E-state index is 10.2. The minimum absolute atomic E-state index is 0.0794. The first kappa shape index (κ1) is 29.9. The van der Waals surface area contributed by atoms with Gasteiger partial charge in [0.25, 0.3) is 0 Å². The maximum Gasteiger partial charge on any atom is 0.0577 e. The van der Waals surface area contributed by atoms with E-state index in [0.29, 0.717) is 10.8 Å². The second-order valence-corrected chi connectivity index (χ2v) is 12.9. The van der Waals surface area contributed by atoms with Crippen LogP contribution in [0.15, 0.2) is 11.6 Å². The Balaban J connectivity index is 0.000000970. The van der Waals surface area contributed by atoms with Crippen LogP contribution in [0.3, 0.4) is 0 Å². The van der Waals surface area contributed by atoms with Crippen LogP contribution in [-0.4, -0.2) is 23.4 Å². The van der Waals surface area contributed by atoms with E-state index in [0.717, 1.165) is 61.4 Å². The molecule has 0 aromatic rings. The van der Waals surface area contributed by atoms with Crippen LogP contribution in [0, 0.1) is 52.3 Å². The molecule has 3 fully saturated rings. The summed E-state index contributed by atoms with van der Waals surface area (Å²) in [5.74, 6) is 6.31. The average Bonchev–Trinajstić information content (AvgIpc) is 3.19. The Morgan fingerprint density at radius 2 is 1.62 bits per heavy atom. The Morgan fingerprint density at radius 1 is 0.941 bits per heavy atom. The van der Waals surface area contributed by atoms with Crippen LogP contribution in [0.25, 0.3) is 0 Å². The van der Waals surface area contributed by atoms with E-state index in [2.05, 4.69) is 47.6 Å². The van der Waals surface area contributed by atoms with E-state index in [1.165, 1.54) is 57.8 Å². The molecule has 2 N–H and O–H groups in total. The third kappa shape index (κ3) is 5.64. The van der Waals surface area contributed by atoms with Crippen LogP contribution in [0.4, 0.5) is 0 Å². The first-order chi connectivity index (χ1) is 16.2. The van der Waals surface area contributed by atoms with Crippen molar-refractivity contribution in [2.75, 3.05) is 7.11 Å². The summed E-state index contributed by atoms with van der Waals surface area (Å²) in [6, 6.07) is 0. The second-order valence-electron chi connectivity index (χ2n) is 12.9. The fourth-order valence-electron chi connectivity index (χ4n) is 9.30. The summed E-state index contributed by atoms with van der Waals surface area (Å²) >= 11 is 0.